The Hall–Kier alpha value is -2.76. The number of rotatable bonds is 6. The molecule has 6 nitrogen and oxygen atoms in total. The number of amides is 1. The van der Waals surface area contributed by atoms with Crippen LogP contribution in [0.15, 0.2) is 51.7 Å². The molecule has 0 spiro atoms. The van der Waals surface area contributed by atoms with Crippen molar-refractivity contribution in [2.45, 2.75) is 6.54 Å². The summed E-state index contributed by atoms with van der Waals surface area (Å²) < 4.78 is 14.8. The molecule has 0 saturated carbocycles. The molecule has 2 aromatic rings. The molecule has 2 heterocycles. The molecule has 0 aliphatic heterocycles. The fraction of sp³-hybridized carbons (Fsp3) is 0.143. The van der Waals surface area contributed by atoms with Gasteiger partial charge >= 0.3 is 5.97 Å². The van der Waals surface area contributed by atoms with Crippen LogP contribution in [0.3, 0.4) is 0 Å². The molecule has 2 rings (SSSR count). The highest BCUT2D eigenvalue weighted by molar-refractivity contribution is 5.88. The van der Waals surface area contributed by atoms with E-state index in [1.54, 1.807) is 24.3 Å². The topological polar surface area (TPSA) is 81.7 Å². The molecule has 1 amide bonds. The van der Waals surface area contributed by atoms with Gasteiger partial charge in [-0.2, -0.15) is 0 Å². The van der Waals surface area contributed by atoms with Crippen LogP contribution in [-0.2, 0) is 20.9 Å². The molecular formula is C14H13NO5. The maximum atomic E-state index is 11.4. The summed E-state index contributed by atoms with van der Waals surface area (Å²) in [7, 11) is 0. The maximum Gasteiger partial charge on any atom is 0.331 e. The summed E-state index contributed by atoms with van der Waals surface area (Å²) in [6.07, 6.45) is 5.66. The molecule has 0 aromatic carbocycles. The molecule has 0 atom stereocenters. The zero-order valence-corrected chi connectivity index (χ0v) is 10.6. The molecule has 0 bridgehead atoms. The molecule has 0 unspecified atom stereocenters. The zero-order chi connectivity index (χ0) is 14.2. The Morgan fingerprint density at radius 2 is 2.00 bits per heavy atom. The van der Waals surface area contributed by atoms with E-state index in [9.17, 15) is 9.59 Å². The van der Waals surface area contributed by atoms with E-state index >= 15 is 0 Å². The molecule has 0 fully saturated rings. The van der Waals surface area contributed by atoms with Crippen molar-refractivity contribution in [3.63, 3.8) is 0 Å². The smallest absolute Gasteiger partial charge is 0.331 e. The fourth-order valence-corrected chi connectivity index (χ4v) is 1.37. The highest BCUT2D eigenvalue weighted by Gasteiger charge is 2.05. The third-order valence-corrected chi connectivity index (χ3v) is 2.31. The lowest BCUT2D eigenvalue weighted by molar-refractivity contribution is -0.143. The lowest BCUT2D eigenvalue weighted by Gasteiger charge is -2.03. The summed E-state index contributed by atoms with van der Waals surface area (Å²) in [5, 5.41) is 2.56. The van der Waals surface area contributed by atoms with Crippen molar-refractivity contribution in [2.75, 3.05) is 6.61 Å². The number of ether oxygens (including phenoxy) is 1. The Kier molecular flexibility index (Phi) is 4.77. The second kappa shape index (κ2) is 6.98. The molecule has 0 radical (unpaired) electrons. The van der Waals surface area contributed by atoms with Crippen molar-refractivity contribution in [2.24, 2.45) is 0 Å². The molecule has 20 heavy (non-hydrogen) atoms. The molecular weight excluding hydrogens is 262 g/mol. The van der Waals surface area contributed by atoms with Gasteiger partial charge in [0.15, 0.2) is 6.61 Å². The van der Waals surface area contributed by atoms with Crippen molar-refractivity contribution in [1.82, 2.24) is 5.32 Å². The van der Waals surface area contributed by atoms with Gasteiger partial charge < -0.3 is 18.9 Å². The van der Waals surface area contributed by atoms with Crippen molar-refractivity contribution in [3.8, 4) is 0 Å². The standard InChI is InChI=1S/C14H13NO5/c16-13(15-9-12-4-2-8-19-12)10-20-14(17)6-5-11-3-1-7-18-11/h1-8H,9-10H2,(H,15,16)/b6-5+. The van der Waals surface area contributed by atoms with Crippen LogP contribution in [0.2, 0.25) is 0 Å². The van der Waals surface area contributed by atoms with Gasteiger partial charge in [-0.3, -0.25) is 4.79 Å². The van der Waals surface area contributed by atoms with Crippen LogP contribution in [0, 0.1) is 0 Å². The van der Waals surface area contributed by atoms with Gasteiger partial charge in [0.25, 0.3) is 5.91 Å². The summed E-state index contributed by atoms with van der Waals surface area (Å²) in [5.74, 6) is 0.141. The van der Waals surface area contributed by atoms with Crippen molar-refractivity contribution in [1.29, 1.82) is 0 Å². The Balaban J connectivity index is 1.66. The Morgan fingerprint density at radius 3 is 2.70 bits per heavy atom. The Labute approximate surface area is 115 Å². The third kappa shape index (κ3) is 4.49. The van der Waals surface area contributed by atoms with Crippen molar-refractivity contribution in [3.05, 3.63) is 54.4 Å². The minimum Gasteiger partial charge on any atom is -0.467 e. The molecule has 1 N–H and O–H groups in total. The highest BCUT2D eigenvalue weighted by Crippen LogP contribution is 2.02. The lowest BCUT2D eigenvalue weighted by atomic mass is 10.4. The Morgan fingerprint density at radius 1 is 1.20 bits per heavy atom. The van der Waals surface area contributed by atoms with Crippen LogP contribution in [0.25, 0.3) is 6.08 Å². The molecule has 0 aliphatic rings. The predicted molar refractivity (Wildman–Crippen MR) is 69.3 cm³/mol. The van der Waals surface area contributed by atoms with E-state index < -0.39 is 11.9 Å². The molecule has 0 aliphatic carbocycles. The lowest BCUT2D eigenvalue weighted by Crippen LogP contribution is -2.27. The van der Waals surface area contributed by atoms with Crippen LogP contribution < -0.4 is 5.32 Å². The molecule has 6 heteroatoms. The minimum atomic E-state index is -0.616. The van der Waals surface area contributed by atoms with Crippen molar-refractivity contribution >= 4 is 18.0 Å². The highest BCUT2D eigenvalue weighted by atomic mass is 16.5. The quantitative estimate of drug-likeness (QED) is 0.641. The second-order valence-electron chi connectivity index (χ2n) is 3.81. The number of hydrogen-bond acceptors (Lipinski definition) is 5. The van der Waals surface area contributed by atoms with E-state index in [1.165, 1.54) is 24.7 Å². The fourth-order valence-electron chi connectivity index (χ4n) is 1.37. The first-order valence-corrected chi connectivity index (χ1v) is 5.91. The largest absolute Gasteiger partial charge is 0.467 e. The van der Waals surface area contributed by atoms with Gasteiger partial charge in [0, 0.05) is 6.08 Å². The number of carbonyl (C=O) groups excluding carboxylic acids is 2. The van der Waals surface area contributed by atoms with E-state index in [0.29, 0.717) is 11.5 Å². The summed E-state index contributed by atoms with van der Waals surface area (Å²) in [6, 6.07) is 6.85. The minimum absolute atomic E-state index is 0.256. The van der Waals surface area contributed by atoms with E-state index in [0.717, 1.165) is 0 Å². The average Bonchev–Trinajstić information content (AvgIpc) is 3.13. The molecule has 104 valence electrons. The first-order valence-electron chi connectivity index (χ1n) is 5.91. The van der Waals surface area contributed by atoms with E-state index in [-0.39, 0.29) is 13.2 Å². The first kappa shape index (κ1) is 13.7. The summed E-state index contributed by atoms with van der Waals surface area (Å²) in [4.78, 5) is 22.7. The molecule has 0 saturated heterocycles. The normalized spacial score (nSPS) is 10.6. The SMILES string of the molecule is O=C(COC(=O)/C=C/c1ccco1)NCc1ccco1. The number of carbonyl (C=O) groups is 2. The second-order valence-corrected chi connectivity index (χ2v) is 3.81. The van der Waals surface area contributed by atoms with Crippen LogP contribution in [0.4, 0.5) is 0 Å². The van der Waals surface area contributed by atoms with Gasteiger partial charge in [-0.05, 0) is 30.3 Å². The van der Waals surface area contributed by atoms with Crippen LogP contribution in [-0.4, -0.2) is 18.5 Å². The van der Waals surface area contributed by atoms with Gasteiger partial charge in [0.05, 0.1) is 19.1 Å². The van der Waals surface area contributed by atoms with Gasteiger partial charge in [0.2, 0.25) is 0 Å². The summed E-state index contributed by atoms with van der Waals surface area (Å²) in [6.45, 7) is -0.0896. The van der Waals surface area contributed by atoms with Crippen LogP contribution >= 0.6 is 0 Å². The number of nitrogens with one attached hydrogen (secondary N) is 1. The number of furan rings is 2. The first-order chi connectivity index (χ1) is 9.74. The zero-order valence-electron chi connectivity index (χ0n) is 10.6. The molecule has 2 aromatic heterocycles. The van der Waals surface area contributed by atoms with Gasteiger partial charge in [-0.25, -0.2) is 4.79 Å². The number of hydrogen-bond donors (Lipinski definition) is 1. The summed E-state index contributed by atoms with van der Waals surface area (Å²) in [5.41, 5.74) is 0. The average molecular weight is 275 g/mol. The summed E-state index contributed by atoms with van der Waals surface area (Å²) >= 11 is 0. The third-order valence-electron chi connectivity index (χ3n) is 2.31. The predicted octanol–water partition coefficient (Wildman–Crippen LogP) is 1.75. The van der Waals surface area contributed by atoms with Crippen LogP contribution in [0.1, 0.15) is 11.5 Å². The monoisotopic (exact) mass is 275 g/mol. The number of esters is 1. The Bertz CT molecular complexity index is 569. The van der Waals surface area contributed by atoms with E-state index in [1.807, 2.05) is 0 Å². The maximum absolute atomic E-state index is 11.4. The van der Waals surface area contributed by atoms with E-state index in [2.05, 4.69) is 5.32 Å². The van der Waals surface area contributed by atoms with Crippen molar-refractivity contribution < 1.29 is 23.2 Å². The van der Waals surface area contributed by atoms with E-state index in [4.69, 9.17) is 13.6 Å². The van der Waals surface area contributed by atoms with Gasteiger partial charge in [-0.1, -0.05) is 0 Å². The van der Waals surface area contributed by atoms with Gasteiger partial charge in [-0.15, -0.1) is 0 Å². The van der Waals surface area contributed by atoms with Crippen LogP contribution in [0.5, 0.6) is 0 Å². The van der Waals surface area contributed by atoms with Gasteiger partial charge in [0.1, 0.15) is 11.5 Å².